The van der Waals surface area contributed by atoms with Crippen molar-refractivity contribution >= 4 is 23.4 Å². The molecule has 1 aliphatic heterocycles. The van der Waals surface area contributed by atoms with Crippen molar-refractivity contribution in [1.82, 2.24) is 14.8 Å². The van der Waals surface area contributed by atoms with Crippen molar-refractivity contribution < 1.29 is 9.90 Å². The van der Waals surface area contributed by atoms with Crippen molar-refractivity contribution in [2.24, 2.45) is 5.73 Å². The van der Waals surface area contributed by atoms with Gasteiger partial charge in [0.1, 0.15) is 5.75 Å². The molecule has 30 heavy (non-hydrogen) atoms. The van der Waals surface area contributed by atoms with Crippen LogP contribution in [0, 0.1) is 0 Å². The average molecular weight is 424 g/mol. The van der Waals surface area contributed by atoms with E-state index in [9.17, 15) is 9.90 Å². The highest BCUT2D eigenvalue weighted by Crippen LogP contribution is 2.33. The summed E-state index contributed by atoms with van der Waals surface area (Å²) in [7, 11) is 0. The van der Waals surface area contributed by atoms with Crippen LogP contribution in [0.15, 0.2) is 42.5 Å². The Balaban J connectivity index is 1.79. The molecule has 1 aromatic heterocycles. The summed E-state index contributed by atoms with van der Waals surface area (Å²) in [5, 5.41) is 18.7. The first kappa shape index (κ1) is 20.3. The number of aromatic hydroxyl groups is 1. The molecule has 8 heteroatoms. The molecule has 1 amide bonds. The molecule has 156 valence electrons. The van der Waals surface area contributed by atoms with E-state index < -0.39 is 5.91 Å². The van der Waals surface area contributed by atoms with Crippen LogP contribution in [0.3, 0.4) is 0 Å². The summed E-state index contributed by atoms with van der Waals surface area (Å²) in [6, 6.07) is 13.3. The van der Waals surface area contributed by atoms with Gasteiger partial charge in [0.2, 0.25) is 5.82 Å². The van der Waals surface area contributed by atoms with E-state index in [2.05, 4.69) is 28.9 Å². The van der Waals surface area contributed by atoms with Crippen molar-refractivity contribution in [3.63, 3.8) is 0 Å². The molecule has 1 fully saturated rings. The van der Waals surface area contributed by atoms with E-state index in [-0.39, 0.29) is 17.5 Å². The third-order valence-corrected chi connectivity index (χ3v) is 6.24. The summed E-state index contributed by atoms with van der Waals surface area (Å²) < 4.78 is 1.61. The van der Waals surface area contributed by atoms with E-state index in [0.717, 1.165) is 35.8 Å². The van der Waals surface area contributed by atoms with E-state index in [0.29, 0.717) is 17.1 Å². The lowest BCUT2D eigenvalue weighted by molar-refractivity contribution is 0.0988. The summed E-state index contributed by atoms with van der Waals surface area (Å²) >= 11 is 1.97. The summed E-state index contributed by atoms with van der Waals surface area (Å²) in [5.41, 5.74) is 8.99. The molecule has 0 spiro atoms. The number of amides is 1. The number of hydrogen-bond donors (Lipinski definition) is 2. The van der Waals surface area contributed by atoms with Crippen LogP contribution >= 0.6 is 11.8 Å². The Hall–Kier alpha value is -3.00. The first-order chi connectivity index (χ1) is 14.5. The maximum Gasteiger partial charge on any atom is 0.287 e. The lowest BCUT2D eigenvalue weighted by Crippen LogP contribution is -2.32. The van der Waals surface area contributed by atoms with Gasteiger partial charge in [-0.2, -0.15) is 11.8 Å². The molecule has 1 aliphatic rings. The van der Waals surface area contributed by atoms with Gasteiger partial charge < -0.3 is 15.7 Å². The van der Waals surface area contributed by atoms with Gasteiger partial charge in [-0.3, -0.25) is 9.36 Å². The Labute approximate surface area is 179 Å². The zero-order valence-corrected chi connectivity index (χ0v) is 17.9. The van der Waals surface area contributed by atoms with Crippen molar-refractivity contribution in [1.29, 1.82) is 0 Å². The number of nitrogens with two attached hydrogens (primary N) is 1. The van der Waals surface area contributed by atoms with Crippen LogP contribution in [0.4, 0.5) is 5.69 Å². The molecule has 0 bridgehead atoms. The Morgan fingerprint density at radius 1 is 1.07 bits per heavy atom. The van der Waals surface area contributed by atoms with Gasteiger partial charge in [0.15, 0.2) is 5.82 Å². The molecule has 3 N–H and O–H groups in total. The Kier molecular flexibility index (Phi) is 5.67. The molecular weight excluding hydrogens is 398 g/mol. The van der Waals surface area contributed by atoms with Crippen LogP contribution in [-0.2, 0) is 0 Å². The second-order valence-corrected chi connectivity index (χ2v) is 8.82. The number of rotatable bonds is 5. The number of hydrogen-bond acceptors (Lipinski definition) is 6. The van der Waals surface area contributed by atoms with Crippen LogP contribution < -0.4 is 10.6 Å². The quantitative estimate of drug-likeness (QED) is 0.653. The van der Waals surface area contributed by atoms with Gasteiger partial charge in [0, 0.05) is 36.0 Å². The topological polar surface area (TPSA) is 97.3 Å². The Bertz CT molecular complexity index is 1060. The lowest BCUT2D eigenvalue weighted by atomic mass is 10.00. The van der Waals surface area contributed by atoms with Gasteiger partial charge in [-0.25, -0.2) is 0 Å². The highest BCUT2D eigenvalue weighted by atomic mass is 32.2. The van der Waals surface area contributed by atoms with Gasteiger partial charge >= 0.3 is 0 Å². The van der Waals surface area contributed by atoms with Gasteiger partial charge in [0.25, 0.3) is 5.91 Å². The van der Waals surface area contributed by atoms with Crippen molar-refractivity contribution in [2.45, 2.75) is 19.8 Å². The SMILES string of the molecule is CC(C)c1ccc(O)c(-c2nnc(C(N)=O)n2-c2ccc(N3CCSCC3)cc2)c1. The summed E-state index contributed by atoms with van der Waals surface area (Å²) in [6.07, 6.45) is 0. The second-order valence-electron chi connectivity index (χ2n) is 7.59. The standard InChI is InChI=1S/C22H25N5O2S/c1-14(2)15-3-8-19(28)18(13-15)21-24-25-22(20(23)29)27(21)17-6-4-16(5-7-17)26-9-11-30-12-10-26/h3-8,13-14,28H,9-12H2,1-2H3,(H2,23,29). The largest absolute Gasteiger partial charge is 0.507 e. The highest BCUT2D eigenvalue weighted by Gasteiger charge is 2.22. The van der Waals surface area contributed by atoms with Gasteiger partial charge in [-0.1, -0.05) is 19.9 Å². The maximum absolute atomic E-state index is 12.0. The molecule has 2 heterocycles. The Morgan fingerprint density at radius 3 is 2.37 bits per heavy atom. The summed E-state index contributed by atoms with van der Waals surface area (Å²) in [5.74, 6) is 2.33. The van der Waals surface area contributed by atoms with Crippen LogP contribution in [0.1, 0.15) is 35.9 Å². The molecule has 0 unspecified atom stereocenters. The molecule has 4 rings (SSSR count). The van der Waals surface area contributed by atoms with Crippen molar-refractivity contribution in [3.05, 3.63) is 53.9 Å². The molecule has 0 atom stereocenters. The number of anilines is 1. The number of thioether (sulfide) groups is 1. The monoisotopic (exact) mass is 423 g/mol. The molecule has 2 aromatic carbocycles. The van der Waals surface area contributed by atoms with Crippen LogP contribution in [0.2, 0.25) is 0 Å². The smallest absolute Gasteiger partial charge is 0.287 e. The minimum Gasteiger partial charge on any atom is -0.507 e. The number of nitrogens with zero attached hydrogens (tertiary/aromatic N) is 4. The number of carbonyl (C=O) groups excluding carboxylic acids is 1. The van der Waals surface area contributed by atoms with E-state index in [1.165, 1.54) is 0 Å². The number of primary amides is 1. The zero-order valence-electron chi connectivity index (χ0n) is 17.1. The Morgan fingerprint density at radius 2 is 1.73 bits per heavy atom. The molecule has 0 aliphatic carbocycles. The van der Waals surface area contributed by atoms with Gasteiger partial charge in [-0.05, 0) is 47.9 Å². The highest BCUT2D eigenvalue weighted by molar-refractivity contribution is 7.99. The van der Waals surface area contributed by atoms with Gasteiger partial charge in [-0.15, -0.1) is 10.2 Å². The number of benzene rings is 2. The van der Waals surface area contributed by atoms with Crippen molar-refractivity contribution in [2.75, 3.05) is 29.5 Å². The van der Waals surface area contributed by atoms with E-state index in [1.54, 1.807) is 10.6 Å². The maximum atomic E-state index is 12.0. The fourth-order valence-electron chi connectivity index (χ4n) is 3.59. The lowest BCUT2D eigenvalue weighted by Gasteiger charge is -2.28. The number of aromatic nitrogens is 3. The first-order valence-electron chi connectivity index (χ1n) is 9.97. The predicted octanol–water partition coefficient (Wildman–Crippen LogP) is 3.42. The second kappa shape index (κ2) is 8.39. The fourth-order valence-corrected chi connectivity index (χ4v) is 4.49. The number of phenols is 1. The minimum atomic E-state index is -0.676. The molecule has 0 radical (unpaired) electrons. The molecular formula is C22H25N5O2S. The fraction of sp³-hybridized carbons (Fsp3) is 0.318. The molecule has 1 saturated heterocycles. The average Bonchev–Trinajstić information content (AvgIpc) is 3.20. The normalized spacial score (nSPS) is 14.3. The molecule has 3 aromatic rings. The predicted molar refractivity (Wildman–Crippen MR) is 121 cm³/mol. The van der Waals surface area contributed by atoms with Gasteiger partial charge in [0.05, 0.1) is 5.56 Å². The van der Waals surface area contributed by atoms with E-state index in [4.69, 9.17) is 5.73 Å². The first-order valence-corrected chi connectivity index (χ1v) is 11.1. The third-order valence-electron chi connectivity index (χ3n) is 5.30. The van der Waals surface area contributed by atoms with E-state index >= 15 is 0 Å². The zero-order chi connectivity index (χ0) is 21.3. The molecule has 7 nitrogen and oxygen atoms in total. The number of phenolic OH excluding ortho intramolecular Hbond substituents is 1. The van der Waals surface area contributed by atoms with E-state index in [1.807, 2.05) is 48.2 Å². The summed E-state index contributed by atoms with van der Waals surface area (Å²) in [6.45, 7) is 6.19. The van der Waals surface area contributed by atoms with Crippen LogP contribution in [0.5, 0.6) is 5.75 Å². The van der Waals surface area contributed by atoms with Crippen LogP contribution in [-0.4, -0.2) is 50.4 Å². The van der Waals surface area contributed by atoms with Crippen molar-refractivity contribution in [3.8, 4) is 22.8 Å². The molecule has 0 saturated carbocycles. The minimum absolute atomic E-state index is 0.0291. The third kappa shape index (κ3) is 3.87. The number of carbonyl (C=O) groups is 1. The van der Waals surface area contributed by atoms with Crippen LogP contribution in [0.25, 0.3) is 17.1 Å². The summed E-state index contributed by atoms with van der Waals surface area (Å²) in [4.78, 5) is 14.4.